The number of ether oxygens (including phenoxy) is 1. The van der Waals surface area contributed by atoms with Gasteiger partial charge in [0.1, 0.15) is 34.6 Å². The lowest BCUT2D eigenvalue weighted by molar-refractivity contribution is -0.189. The minimum atomic E-state index is -4.42. The summed E-state index contributed by atoms with van der Waals surface area (Å²) in [5.74, 6) is -5.02. The normalized spacial score (nSPS) is 14.7. The lowest BCUT2D eigenvalue weighted by Gasteiger charge is -2.20. The predicted molar refractivity (Wildman–Crippen MR) is 109 cm³/mol. The first-order chi connectivity index (χ1) is 15.2. The Morgan fingerprint density at radius 1 is 0.781 bits per heavy atom. The van der Waals surface area contributed by atoms with Crippen LogP contribution >= 0.6 is 0 Å². The van der Waals surface area contributed by atoms with E-state index in [1.807, 2.05) is 0 Å². The molecule has 1 nitrogen and oxygen atoms in total. The average molecular weight is 450 g/mol. The maximum Gasteiger partial charge on any atom is 0.432 e. The highest BCUT2D eigenvalue weighted by Gasteiger charge is 2.41. The fourth-order valence-corrected chi connectivity index (χ4v) is 4.12. The molecule has 32 heavy (non-hydrogen) atoms. The summed E-state index contributed by atoms with van der Waals surface area (Å²) in [5.41, 5.74) is -0.933. The summed E-state index contributed by atoms with van der Waals surface area (Å²) in [6.45, 7) is 1.43. The Balaban J connectivity index is 1.65. The molecular weight excluding hydrogens is 430 g/mol. The number of rotatable bonds is 5. The van der Waals surface area contributed by atoms with Crippen LogP contribution in [-0.2, 0) is 6.11 Å². The van der Waals surface area contributed by atoms with Crippen molar-refractivity contribution in [3.8, 4) is 16.9 Å². The van der Waals surface area contributed by atoms with Crippen LogP contribution in [-0.4, -0.2) is 0 Å². The van der Waals surface area contributed by atoms with Gasteiger partial charge in [-0.3, -0.25) is 0 Å². The van der Waals surface area contributed by atoms with Gasteiger partial charge in [0.05, 0.1) is 0 Å². The first-order valence-corrected chi connectivity index (χ1v) is 10.3. The van der Waals surface area contributed by atoms with Crippen molar-refractivity contribution in [3.63, 3.8) is 0 Å². The summed E-state index contributed by atoms with van der Waals surface area (Å²) in [6.07, 6.45) is -0.373. The first kappa shape index (κ1) is 22.2. The molecule has 0 bridgehead atoms. The largest absolute Gasteiger partial charge is 0.432 e. The second kappa shape index (κ2) is 8.52. The van der Waals surface area contributed by atoms with E-state index in [1.165, 1.54) is 25.1 Å². The van der Waals surface area contributed by atoms with Gasteiger partial charge in [-0.15, -0.1) is 0 Å². The molecule has 7 heteroatoms. The SMILES string of the molecule is Cc1ccc(OC(F)(F)c2c(F)cc(-c3ccc(C4CCCC4)cc3F)cc2F)cc1F. The van der Waals surface area contributed by atoms with Crippen molar-refractivity contribution in [1.82, 2.24) is 0 Å². The molecule has 0 unspecified atom stereocenters. The molecule has 0 spiro atoms. The molecule has 168 valence electrons. The number of benzene rings is 3. The zero-order valence-corrected chi connectivity index (χ0v) is 17.2. The second-order valence-corrected chi connectivity index (χ2v) is 8.07. The van der Waals surface area contributed by atoms with Gasteiger partial charge in [0.25, 0.3) is 0 Å². The summed E-state index contributed by atoms with van der Waals surface area (Å²) in [6, 6.07) is 8.68. The van der Waals surface area contributed by atoms with Crippen LogP contribution in [0.25, 0.3) is 11.1 Å². The van der Waals surface area contributed by atoms with E-state index in [0.29, 0.717) is 18.2 Å². The van der Waals surface area contributed by atoms with E-state index < -0.39 is 40.7 Å². The topological polar surface area (TPSA) is 9.23 Å². The highest BCUT2D eigenvalue weighted by Crippen LogP contribution is 2.39. The maximum absolute atomic E-state index is 14.7. The average Bonchev–Trinajstić information content (AvgIpc) is 3.24. The third-order valence-corrected chi connectivity index (χ3v) is 5.85. The van der Waals surface area contributed by atoms with Crippen molar-refractivity contribution in [2.75, 3.05) is 0 Å². The molecular formula is C25H20F6O. The predicted octanol–water partition coefficient (Wildman–Crippen LogP) is 8.00. The van der Waals surface area contributed by atoms with Gasteiger partial charge in [-0.1, -0.05) is 31.0 Å². The third-order valence-electron chi connectivity index (χ3n) is 5.85. The van der Waals surface area contributed by atoms with Crippen molar-refractivity contribution in [2.24, 2.45) is 0 Å². The van der Waals surface area contributed by atoms with E-state index in [4.69, 9.17) is 0 Å². The summed E-state index contributed by atoms with van der Waals surface area (Å²) < 4.78 is 91.0. The molecule has 1 aliphatic rings. The Morgan fingerprint density at radius 3 is 2.03 bits per heavy atom. The molecule has 0 amide bonds. The van der Waals surface area contributed by atoms with Crippen LogP contribution in [0.2, 0.25) is 0 Å². The van der Waals surface area contributed by atoms with Crippen molar-refractivity contribution >= 4 is 0 Å². The minimum Gasteiger partial charge on any atom is -0.429 e. The standard InChI is InChI=1S/C25H20F6O/c1-14-6-8-18(13-20(14)26)32-25(30,31)24-22(28)11-17(12-23(24)29)19-9-7-16(10-21(19)27)15-4-2-3-5-15/h6-13,15H,2-5H2,1H3. The quantitative estimate of drug-likeness (QED) is 0.358. The lowest BCUT2D eigenvalue weighted by Crippen LogP contribution is -2.25. The van der Waals surface area contributed by atoms with Crippen molar-refractivity contribution in [3.05, 3.63) is 88.5 Å². The molecule has 0 N–H and O–H groups in total. The second-order valence-electron chi connectivity index (χ2n) is 8.07. The molecule has 0 heterocycles. The van der Waals surface area contributed by atoms with Crippen molar-refractivity contribution in [2.45, 2.75) is 44.6 Å². The van der Waals surface area contributed by atoms with Crippen LogP contribution in [0, 0.1) is 30.2 Å². The smallest absolute Gasteiger partial charge is 0.429 e. The van der Waals surface area contributed by atoms with Crippen molar-refractivity contribution in [1.29, 1.82) is 0 Å². The zero-order chi connectivity index (χ0) is 23.0. The van der Waals surface area contributed by atoms with E-state index in [1.54, 1.807) is 6.07 Å². The molecule has 0 radical (unpaired) electrons. The van der Waals surface area contributed by atoms with Crippen molar-refractivity contribution < 1.29 is 31.1 Å². The fourth-order valence-electron chi connectivity index (χ4n) is 4.12. The summed E-state index contributed by atoms with van der Waals surface area (Å²) in [4.78, 5) is 0. The number of halogens is 6. The molecule has 1 aliphatic carbocycles. The molecule has 1 saturated carbocycles. The van der Waals surface area contributed by atoms with Crippen LogP contribution in [0.1, 0.15) is 48.3 Å². The van der Waals surface area contributed by atoms with Gasteiger partial charge < -0.3 is 4.74 Å². The van der Waals surface area contributed by atoms with Crippen LogP contribution in [0.4, 0.5) is 26.3 Å². The number of hydrogen-bond donors (Lipinski definition) is 0. The Labute approximate surface area is 181 Å². The van der Waals surface area contributed by atoms with Crippen LogP contribution < -0.4 is 4.74 Å². The van der Waals surface area contributed by atoms with Gasteiger partial charge in [-0.25, -0.2) is 17.6 Å². The fraction of sp³-hybridized carbons (Fsp3) is 0.280. The van der Waals surface area contributed by atoms with Gasteiger partial charge in [0.2, 0.25) is 0 Å². The lowest BCUT2D eigenvalue weighted by atomic mass is 9.94. The summed E-state index contributed by atoms with van der Waals surface area (Å²) in [7, 11) is 0. The Morgan fingerprint density at radius 2 is 1.44 bits per heavy atom. The molecule has 0 aromatic heterocycles. The Bertz CT molecular complexity index is 1130. The molecule has 1 fully saturated rings. The van der Waals surface area contributed by atoms with Gasteiger partial charge >= 0.3 is 6.11 Å². The first-order valence-electron chi connectivity index (χ1n) is 10.3. The molecule has 0 atom stereocenters. The van der Waals surface area contributed by atoms with Gasteiger partial charge in [-0.2, -0.15) is 8.78 Å². The molecule has 3 aromatic rings. The maximum atomic E-state index is 14.7. The Kier molecular flexibility index (Phi) is 5.93. The summed E-state index contributed by atoms with van der Waals surface area (Å²) in [5, 5.41) is 0. The van der Waals surface area contributed by atoms with Crippen LogP contribution in [0.3, 0.4) is 0 Å². The van der Waals surface area contributed by atoms with Crippen LogP contribution in [0.5, 0.6) is 5.75 Å². The van der Waals surface area contributed by atoms with Gasteiger partial charge in [0.15, 0.2) is 0 Å². The van der Waals surface area contributed by atoms with E-state index in [0.717, 1.165) is 37.3 Å². The highest BCUT2D eigenvalue weighted by atomic mass is 19.3. The Hall–Kier alpha value is -2.96. The van der Waals surface area contributed by atoms with E-state index in [9.17, 15) is 26.3 Å². The minimum absolute atomic E-state index is 0.0964. The highest BCUT2D eigenvalue weighted by molar-refractivity contribution is 5.65. The van der Waals surface area contributed by atoms with Gasteiger partial charge in [-0.05, 0) is 66.6 Å². The zero-order valence-electron chi connectivity index (χ0n) is 17.2. The number of hydrogen-bond acceptors (Lipinski definition) is 1. The third kappa shape index (κ3) is 4.33. The molecule has 0 aliphatic heterocycles. The van der Waals surface area contributed by atoms with E-state index in [-0.39, 0.29) is 22.6 Å². The molecule has 4 rings (SSSR count). The van der Waals surface area contributed by atoms with E-state index in [2.05, 4.69) is 4.74 Å². The monoisotopic (exact) mass is 450 g/mol. The number of aryl methyl sites for hydroxylation is 1. The van der Waals surface area contributed by atoms with E-state index >= 15 is 0 Å². The number of alkyl halides is 2. The molecule has 0 saturated heterocycles. The van der Waals surface area contributed by atoms with Gasteiger partial charge in [0, 0.05) is 11.6 Å². The summed E-state index contributed by atoms with van der Waals surface area (Å²) >= 11 is 0. The van der Waals surface area contributed by atoms with Crippen LogP contribution in [0.15, 0.2) is 48.5 Å². The molecule has 3 aromatic carbocycles.